The Bertz CT molecular complexity index is 641. The summed E-state index contributed by atoms with van der Waals surface area (Å²) in [4.78, 5) is 24.5. The van der Waals surface area contributed by atoms with Crippen LogP contribution in [-0.2, 0) is 17.7 Å². The first-order valence-corrected chi connectivity index (χ1v) is 10.6. The number of rotatable bonds is 8. The van der Waals surface area contributed by atoms with E-state index in [1.165, 1.54) is 4.88 Å². The summed E-state index contributed by atoms with van der Waals surface area (Å²) in [5.74, 6) is 0.741. The largest absolute Gasteiger partial charge is 0.444 e. The molecule has 0 aliphatic heterocycles. The minimum atomic E-state index is -0.473. The Kier molecular flexibility index (Phi) is 10.5. The number of aryl methyl sites for hydroxylation is 1. The molecule has 2 rings (SSSR count). The predicted octanol–water partition coefficient (Wildman–Crippen LogP) is 3.78. The van der Waals surface area contributed by atoms with E-state index in [0.717, 1.165) is 36.8 Å². The number of amides is 1. The fourth-order valence-electron chi connectivity index (χ4n) is 2.50. The number of thiazole rings is 1. The van der Waals surface area contributed by atoms with E-state index in [4.69, 9.17) is 4.74 Å². The number of ether oxygens (including phenoxy) is 1. The second-order valence-corrected chi connectivity index (χ2v) is 8.80. The number of carbonyl (C=O) groups excluding carboxylic acids is 1. The summed E-state index contributed by atoms with van der Waals surface area (Å²) < 4.78 is 5.53. The van der Waals surface area contributed by atoms with Crippen LogP contribution in [0.4, 0.5) is 4.79 Å². The average molecular weight is 523 g/mol. The number of hydrogen-bond donors (Lipinski definition) is 2. The van der Waals surface area contributed by atoms with E-state index < -0.39 is 5.60 Å². The molecule has 9 heteroatoms. The molecule has 1 fully saturated rings. The molecule has 1 aromatic rings. The molecule has 0 radical (unpaired) electrons. The maximum absolute atomic E-state index is 12.4. The Hall–Kier alpha value is -1.10. The van der Waals surface area contributed by atoms with Crippen molar-refractivity contribution in [3.8, 4) is 0 Å². The summed E-state index contributed by atoms with van der Waals surface area (Å²) in [5, 5.41) is 7.56. The van der Waals surface area contributed by atoms with E-state index in [-0.39, 0.29) is 30.1 Å². The Morgan fingerprint density at radius 1 is 1.36 bits per heavy atom. The van der Waals surface area contributed by atoms with Crippen LogP contribution < -0.4 is 10.6 Å². The van der Waals surface area contributed by atoms with Crippen LogP contribution in [0.2, 0.25) is 0 Å². The number of hydrogen-bond acceptors (Lipinski definition) is 5. The lowest BCUT2D eigenvalue weighted by molar-refractivity contribution is 0.0238. The number of halogens is 1. The Morgan fingerprint density at radius 3 is 2.61 bits per heavy atom. The van der Waals surface area contributed by atoms with Crippen LogP contribution in [0.3, 0.4) is 0 Å². The maximum Gasteiger partial charge on any atom is 0.410 e. The number of aromatic nitrogens is 1. The number of nitrogens with zero attached hydrogens (tertiary/aromatic N) is 3. The van der Waals surface area contributed by atoms with Gasteiger partial charge in [0.15, 0.2) is 5.96 Å². The van der Waals surface area contributed by atoms with Crippen LogP contribution in [-0.4, -0.2) is 53.2 Å². The quantitative estimate of drug-likeness (QED) is 0.308. The summed E-state index contributed by atoms with van der Waals surface area (Å²) in [6.07, 6.45) is 4.80. The summed E-state index contributed by atoms with van der Waals surface area (Å²) in [7, 11) is 0. The van der Waals surface area contributed by atoms with E-state index in [0.29, 0.717) is 25.7 Å². The summed E-state index contributed by atoms with van der Waals surface area (Å²) >= 11 is 1.70. The highest BCUT2D eigenvalue weighted by Crippen LogP contribution is 2.28. The molecular formula is C19H34IN5O2S. The van der Waals surface area contributed by atoms with E-state index in [1.54, 1.807) is 11.3 Å². The fourth-order valence-corrected chi connectivity index (χ4v) is 3.28. The third-order valence-corrected chi connectivity index (χ3v) is 5.05. The Labute approximate surface area is 189 Å². The van der Waals surface area contributed by atoms with Gasteiger partial charge in [0, 0.05) is 36.8 Å². The molecule has 1 aliphatic rings. The van der Waals surface area contributed by atoms with Crippen molar-refractivity contribution in [3.05, 3.63) is 16.1 Å². The van der Waals surface area contributed by atoms with Crippen LogP contribution in [0, 0.1) is 0 Å². The zero-order valence-corrected chi connectivity index (χ0v) is 20.7. The van der Waals surface area contributed by atoms with Gasteiger partial charge in [-0.15, -0.1) is 35.3 Å². The van der Waals surface area contributed by atoms with Gasteiger partial charge in [-0.25, -0.2) is 14.8 Å². The van der Waals surface area contributed by atoms with Crippen molar-refractivity contribution in [2.75, 3.05) is 19.6 Å². The fraction of sp³-hybridized carbons (Fsp3) is 0.737. The van der Waals surface area contributed by atoms with E-state index in [9.17, 15) is 4.79 Å². The molecule has 0 unspecified atom stereocenters. The van der Waals surface area contributed by atoms with Gasteiger partial charge in [0.2, 0.25) is 0 Å². The first-order chi connectivity index (χ1) is 12.8. The normalized spacial score (nSPS) is 14.2. The topological polar surface area (TPSA) is 78.9 Å². The highest BCUT2D eigenvalue weighted by Gasteiger charge is 2.34. The van der Waals surface area contributed by atoms with Crippen LogP contribution in [0.5, 0.6) is 0 Å². The summed E-state index contributed by atoms with van der Waals surface area (Å²) in [5.41, 5.74) is -0.473. The molecule has 1 aromatic heterocycles. The van der Waals surface area contributed by atoms with E-state index in [1.807, 2.05) is 38.8 Å². The molecule has 160 valence electrons. The van der Waals surface area contributed by atoms with Crippen molar-refractivity contribution in [2.24, 2.45) is 4.99 Å². The second-order valence-electron chi connectivity index (χ2n) is 7.60. The summed E-state index contributed by atoms with van der Waals surface area (Å²) in [6.45, 7) is 12.4. The van der Waals surface area contributed by atoms with Gasteiger partial charge in [0.1, 0.15) is 10.6 Å². The first-order valence-electron chi connectivity index (χ1n) is 9.77. The molecule has 0 atom stereocenters. The van der Waals surface area contributed by atoms with Crippen LogP contribution in [0.1, 0.15) is 57.3 Å². The molecule has 28 heavy (non-hydrogen) atoms. The number of guanidine groups is 1. The van der Waals surface area contributed by atoms with E-state index >= 15 is 0 Å². The zero-order valence-electron chi connectivity index (χ0n) is 17.6. The molecular weight excluding hydrogens is 489 g/mol. The van der Waals surface area contributed by atoms with Crippen molar-refractivity contribution in [2.45, 2.75) is 72.1 Å². The van der Waals surface area contributed by atoms with Gasteiger partial charge in [-0.05, 0) is 47.0 Å². The molecule has 1 heterocycles. The molecule has 0 aromatic carbocycles. The standard InChI is InChI=1S/C19H33N5O2S.HI/c1-6-15-12-22-16(27-15)13-23-17(20-7-2)21-10-11-24(14-8-9-14)18(25)26-19(3,4)5;/h12,14H,6-11,13H2,1-5H3,(H2,20,21,23);1H. The lowest BCUT2D eigenvalue weighted by atomic mass is 10.2. The predicted molar refractivity (Wildman–Crippen MR) is 126 cm³/mol. The number of aliphatic imine (C=N–C) groups is 1. The minimum absolute atomic E-state index is 0. The smallest absolute Gasteiger partial charge is 0.410 e. The number of carbonyl (C=O) groups is 1. The van der Waals surface area contributed by atoms with Crippen LogP contribution >= 0.6 is 35.3 Å². The first kappa shape index (κ1) is 24.9. The molecule has 0 spiro atoms. The van der Waals surface area contributed by atoms with E-state index in [2.05, 4.69) is 27.5 Å². The van der Waals surface area contributed by atoms with Crippen molar-refractivity contribution in [1.29, 1.82) is 0 Å². The molecule has 0 saturated heterocycles. The highest BCUT2D eigenvalue weighted by atomic mass is 127. The third-order valence-electron chi connectivity index (χ3n) is 3.93. The highest BCUT2D eigenvalue weighted by molar-refractivity contribution is 14.0. The lowest BCUT2D eigenvalue weighted by Crippen LogP contribution is -2.45. The van der Waals surface area contributed by atoms with Gasteiger partial charge in [-0.2, -0.15) is 0 Å². The van der Waals surface area contributed by atoms with Gasteiger partial charge in [0.25, 0.3) is 0 Å². The third kappa shape index (κ3) is 8.93. The van der Waals surface area contributed by atoms with Gasteiger partial charge < -0.3 is 20.3 Å². The average Bonchev–Trinajstić information content (AvgIpc) is 3.32. The van der Waals surface area contributed by atoms with Crippen LogP contribution in [0.25, 0.3) is 0 Å². The molecule has 1 amide bonds. The number of nitrogens with one attached hydrogen (secondary N) is 2. The molecule has 1 saturated carbocycles. The van der Waals surface area contributed by atoms with Crippen molar-refractivity contribution < 1.29 is 9.53 Å². The zero-order chi connectivity index (χ0) is 19.9. The molecule has 1 aliphatic carbocycles. The maximum atomic E-state index is 12.4. The molecule has 0 bridgehead atoms. The van der Waals surface area contributed by atoms with Gasteiger partial charge >= 0.3 is 6.09 Å². The monoisotopic (exact) mass is 523 g/mol. The Morgan fingerprint density at radius 2 is 2.07 bits per heavy atom. The lowest BCUT2D eigenvalue weighted by Gasteiger charge is -2.27. The van der Waals surface area contributed by atoms with Crippen LogP contribution in [0.15, 0.2) is 11.2 Å². The van der Waals surface area contributed by atoms with Crippen molar-refractivity contribution in [3.63, 3.8) is 0 Å². The van der Waals surface area contributed by atoms with Crippen molar-refractivity contribution in [1.82, 2.24) is 20.5 Å². The molecule has 7 nitrogen and oxygen atoms in total. The summed E-state index contributed by atoms with van der Waals surface area (Å²) in [6, 6.07) is 0.309. The van der Waals surface area contributed by atoms with Crippen molar-refractivity contribution >= 4 is 47.4 Å². The SMILES string of the molecule is CCNC(=NCc1ncc(CC)s1)NCCN(C(=O)OC(C)(C)C)C1CC1.I. The molecule has 2 N–H and O–H groups in total. The van der Waals surface area contributed by atoms with Gasteiger partial charge in [-0.3, -0.25) is 0 Å². The minimum Gasteiger partial charge on any atom is -0.444 e. The Balaban J connectivity index is 0.00000392. The second kappa shape index (κ2) is 11.8. The van der Waals surface area contributed by atoms with Gasteiger partial charge in [0.05, 0.1) is 6.54 Å². The van der Waals surface area contributed by atoms with Gasteiger partial charge in [-0.1, -0.05) is 6.92 Å².